The summed E-state index contributed by atoms with van der Waals surface area (Å²) in [5.41, 5.74) is 0.996. The topological polar surface area (TPSA) is 84.9 Å². The van der Waals surface area contributed by atoms with Gasteiger partial charge in [-0.2, -0.15) is 0 Å². The maximum atomic E-state index is 12.3. The molecule has 6 heteroatoms. The Morgan fingerprint density at radius 2 is 1.97 bits per heavy atom. The number of ketones is 1. The molecule has 3 unspecified atom stereocenters. The summed E-state index contributed by atoms with van der Waals surface area (Å²) in [4.78, 5) is 24.5. The van der Waals surface area contributed by atoms with Gasteiger partial charge in [0.05, 0.1) is 6.10 Å². The highest BCUT2D eigenvalue weighted by molar-refractivity contribution is 5.83. The number of hydrogen-bond acceptors (Lipinski definition) is 5. The van der Waals surface area contributed by atoms with Crippen LogP contribution in [-0.2, 0) is 16.1 Å². The van der Waals surface area contributed by atoms with Crippen LogP contribution in [0, 0.1) is 11.8 Å². The second-order valence-corrected chi connectivity index (χ2v) is 9.64. The molecule has 1 aliphatic carbocycles. The van der Waals surface area contributed by atoms with Crippen LogP contribution in [0.5, 0.6) is 11.5 Å². The number of nitrogens with one attached hydrogen (secondary N) is 1. The van der Waals surface area contributed by atoms with E-state index in [1.54, 1.807) is 0 Å². The van der Waals surface area contributed by atoms with Crippen LogP contribution in [0.25, 0.3) is 0 Å². The number of allylic oxidation sites excluding steroid dienone is 1. The molecule has 0 spiro atoms. The molecule has 0 aromatic heterocycles. The molecule has 0 radical (unpaired) electrons. The maximum absolute atomic E-state index is 12.3. The molecule has 1 saturated carbocycles. The van der Waals surface area contributed by atoms with Crippen molar-refractivity contribution >= 4 is 11.7 Å². The molecule has 1 aromatic rings. The lowest BCUT2D eigenvalue weighted by Crippen LogP contribution is -2.22. The number of fused-ring (bicyclic) bond motifs is 1. The zero-order valence-electron chi connectivity index (χ0n) is 20.6. The van der Waals surface area contributed by atoms with Gasteiger partial charge in [-0.25, -0.2) is 0 Å². The van der Waals surface area contributed by atoms with Crippen molar-refractivity contribution < 1.29 is 24.2 Å². The minimum atomic E-state index is -0.390. The molecule has 3 atom stereocenters. The third-order valence-corrected chi connectivity index (χ3v) is 6.93. The van der Waals surface area contributed by atoms with Gasteiger partial charge in [0, 0.05) is 25.3 Å². The van der Waals surface area contributed by atoms with Crippen LogP contribution in [-0.4, -0.2) is 29.7 Å². The van der Waals surface area contributed by atoms with Crippen molar-refractivity contribution in [2.45, 2.75) is 96.6 Å². The monoisotopic (exact) mass is 471 g/mol. The van der Waals surface area contributed by atoms with Crippen LogP contribution >= 0.6 is 0 Å². The molecular formula is C28H41NO5. The number of benzene rings is 1. The summed E-state index contributed by atoms with van der Waals surface area (Å²) in [5.74, 6) is 2.29. The highest BCUT2D eigenvalue weighted by atomic mass is 16.7. The number of amides is 1. The van der Waals surface area contributed by atoms with E-state index in [1.165, 1.54) is 0 Å². The number of carbonyl (C=O) groups is 2. The first kappa shape index (κ1) is 26.3. The highest BCUT2D eigenvalue weighted by Crippen LogP contribution is 2.34. The number of aliphatic hydroxyl groups excluding tert-OH is 1. The van der Waals surface area contributed by atoms with Crippen molar-refractivity contribution in [3.63, 3.8) is 0 Å². The molecule has 1 aliphatic heterocycles. The van der Waals surface area contributed by atoms with E-state index in [-0.39, 0.29) is 30.6 Å². The molecule has 1 amide bonds. The number of unbranched alkanes of at least 4 members (excludes halogenated alkanes) is 5. The van der Waals surface area contributed by atoms with E-state index in [1.807, 2.05) is 24.3 Å². The quantitative estimate of drug-likeness (QED) is 0.262. The first-order valence-electron chi connectivity index (χ1n) is 13.1. The fourth-order valence-electron chi connectivity index (χ4n) is 4.85. The van der Waals surface area contributed by atoms with Crippen molar-refractivity contribution in [2.24, 2.45) is 11.8 Å². The van der Waals surface area contributed by atoms with E-state index in [4.69, 9.17) is 9.47 Å². The third kappa shape index (κ3) is 8.46. The molecule has 3 rings (SSSR count). The predicted octanol–water partition coefficient (Wildman–Crippen LogP) is 5.46. The van der Waals surface area contributed by atoms with Crippen molar-refractivity contribution in [3.05, 3.63) is 35.9 Å². The molecule has 188 valence electrons. The Bertz CT molecular complexity index is 821. The minimum absolute atomic E-state index is 0.0614. The van der Waals surface area contributed by atoms with Crippen molar-refractivity contribution in [3.8, 4) is 11.5 Å². The number of Topliss-reactive ketones (excluding diaryl/α,β-unsaturated/α-hetero) is 1. The van der Waals surface area contributed by atoms with E-state index in [9.17, 15) is 14.7 Å². The normalized spacial score (nSPS) is 20.2. The molecule has 2 aliphatic rings. The molecule has 0 saturated heterocycles. The Kier molecular flexibility index (Phi) is 10.9. The number of carbonyl (C=O) groups excluding carboxylic acids is 2. The number of rotatable bonds is 15. The van der Waals surface area contributed by atoms with Gasteiger partial charge in [0.1, 0.15) is 5.78 Å². The molecular weight excluding hydrogens is 430 g/mol. The Balaban J connectivity index is 1.26. The van der Waals surface area contributed by atoms with Crippen LogP contribution in [0.3, 0.4) is 0 Å². The maximum Gasteiger partial charge on any atom is 0.231 e. The lowest BCUT2D eigenvalue weighted by molar-refractivity contribution is -0.122. The van der Waals surface area contributed by atoms with Crippen LogP contribution in [0.4, 0.5) is 0 Å². The van der Waals surface area contributed by atoms with Crippen LogP contribution in [0.2, 0.25) is 0 Å². The van der Waals surface area contributed by atoms with Gasteiger partial charge in [-0.05, 0) is 49.3 Å². The van der Waals surface area contributed by atoms with E-state index in [2.05, 4.69) is 18.3 Å². The molecule has 1 heterocycles. The lowest BCUT2D eigenvalue weighted by Gasteiger charge is -2.15. The van der Waals surface area contributed by atoms with Gasteiger partial charge in [-0.15, -0.1) is 0 Å². The van der Waals surface area contributed by atoms with Crippen molar-refractivity contribution in [1.82, 2.24) is 5.32 Å². The molecule has 1 fully saturated rings. The fraction of sp³-hybridized carbons (Fsp3) is 0.643. The zero-order valence-corrected chi connectivity index (χ0v) is 20.6. The second kappa shape index (κ2) is 14.1. The standard InChI is InChI=1S/C28H41NO5/c1-2-3-6-9-23(30)15-13-22-14-16-25(31)24(22)10-7-4-5-8-11-28(32)29-19-21-12-17-26-27(18-21)34-20-33-26/h12-13,15,17-18,22-24,30H,2-11,14,16,19-20H2,1H3,(H,29,32). The average molecular weight is 472 g/mol. The molecule has 6 nitrogen and oxygen atoms in total. The van der Waals surface area contributed by atoms with Gasteiger partial charge in [-0.1, -0.05) is 63.7 Å². The van der Waals surface area contributed by atoms with E-state index >= 15 is 0 Å². The molecule has 0 bridgehead atoms. The Morgan fingerprint density at radius 1 is 1.15 bits per heavy atom. The fourth-order valence-corrected chi connectivity index (χ4v) is 4.85. The van der Waals surface area contributed by atoms with E-state index in [0.717, 1.165) is 81.3 Å². The SMILES string of the molecule is CCCCCC(O)C=CC1CCC(=O)C1CCCCCCC(=O)NCc1ccc2c(c1)OCO2. The van der Waals surface area contributed by atoms with Crippen LogP contribution in [0.15, 0.2) is 30.4 Å². The summed E-state index contributed by atoms with van der Waals surface area (Å²) in [6.07, 6.45) is 14.7. The minimum Gasteiger partial charge on any atom is -0.454 e. The largest absolute Gasteiger partial charge is 0.454 e. The van der Waals surface area contributed by atoms with E-state index < -0.39 is 0 Å². The predicted molar refractivity (Wildman–Crippen MR) is 133 cm³/mol. The van der Waals surface area contributed by atoms with Gasteiger partial charge < -0.3 is 19.9 Å². The first-order chi connectivity index (χ1) is 16.6. The number of ether oxygens (including phenoxy) is 2. The van der Waals surface area contributed by atoms with Gasteiger partial charge in [0.25, 0.3) is 0 Å². The third-order valence-electron chi connectivity index (χ3n) is 6.93. The lowest BCUT2D eigenvalue weighted by atomic mass is 9.89. The van der Waals surface area contributed by atoms with Crippen molar-refractivity contribution in [2.75, 3.05) is 6.79 Å². The van der Waals surface area contributed by atoms with E-state index in [0.29, 0.717) is 25.2 Å². The molecule has 1 aromatic carbocycles. The molecule has 2 N–H and O–H groups in total. The average Bonchev–Trinajstić information content (AvgIpc) is 3.44. The molecule has 34 heavy (non-hydrogen) atoms. The Hall–Kier alpha value is -2.34. The first-order valence-corrected chi connectivity index (χ1v) is 13.1. The number of hydrogen-bond donors (Lipinski definition) is 2. The van der Waals surface area contributed by atoms with Gasteiger partial charge in [-0.3, -0.25) is 9.59 Å². The summed E-state index contributed by atoms with van der Waals surface area (Å²) < 4.78 is 10.7. The zero-order chi connectivity index (χ0) is 24.2. The summed E-state index contributed by atoms with van der Waals surface area (Å²) >= 11 is 0. The summed E-state index contributed by atoms with van der Waals surface area (Å²) in [6.45, 7) is 2.90. The van der Waals surface area contributed by atoms with Gasteiger partial charge in [0.15, 0.2) is 11.5 Å². The summed E-state index contributed by atoms with van der Waals surface area (Å²) in [5, 5.41) is 13.1. The highest BCUT2D eigenvalue weighted by Gasteiger charge is 2.32. The van der Waals surface area contributed by atoms with Gasteiger partial charge in [0.2, 0.25) is 12.7 Å². The van der Waals surface area contributed by atoms with Crippen LogP contribution < -0.4 is 14.8 Å². The summed E-state index contributed by atoms with van der Waals surface area (Å²) in [7, 11) is 0. The van der Waals surface area contributed by atoms with Gasteiger partial charge >= 0.3 is 0 Å². The number of aliphatic hydroxyl groups is 1. The smallest absolute Gasteiger partial charge is 0.231 e. The Morgan fingerprint density at radius 3 is 2.82 bits per heavy atom. The Labute approximate surface area is 204 Å². The van der Waals surface area contributed by atoms with Crippen molar-refractivity contribution in [1.29, 1.82) is 0 Å². The van der Waals surface area contributed by atoms with Crippen LogP contribution in [0.1, 0.15) is 89.5 Å². The second-order valence-electron chi connectivity index (χ2n) is 9.64. The summed E-state index contributed by atoms with van der Waals surface area (Å²) in [6, 6.07) is 5.71.